The molecule has 0 atom stereocenters. The number of nitrogens with zero attached hydrogens (tertiary/aromatic N) is 2. The number of rotatable bonds is 4. The Hall–Kier alpha value is -0.350. The lowest BCUT2D eigenvalue weighted by molar-refractivity contribution is 0.832. The Balaban J connectivity index is 2.32. The molecule has 0 bridgehead atoms. The van der Waals surface area contributed by atoms with Gasteiger partial charge in [-0.15, -0.1) is 0 Å². The third-order valence-corrected chi connectivity index (χ3v) is 2.16. The van der Waals surface area contributed by atoms with Gasteiger partial charge < -0.3 is 5.32 Å². The molecule has 0 radical (unpaired) electrons. The summed E-state index contributed by atoms with van der Waals surface area (Å²) in [6, 6.07) is 0. The summed E-state index contributed by atoms with van der Waals surface area (Å²) in [7, 11) is 0. The Bertz CT molecular complexity index is 213. The third-order valence-electron chi connectivity index (χ3n) is 1.27. The lowest BCUT2D eigenvalue weighted by Crippen LogP contribution is -2.00. The molecule has 0 aliphatic rings. The fourth-order valence-corrected chi connectivity index (χ4v) is 1.35. The van der Waals surface area contributed by atoms with Crippen LogP contribution in [-0.2, 0) is 0 Å². The van der Waals surface area contributed by atoms with Crippen molar-refractivity contribution in [3.8, 4) is 0 Å². The fraction of sp³-hybridized carbons (Fsp3) is 0.667. The van der Waals surface area contributed by atoms with Crippen LogP contribution in [0.1, 0.15) is 19.8 Å². The predicted molar refractivity (Wildman–Crippen MR) is 48.3 cm³/mol. The average Bonchev–Trinajstić information content (AvgIpc) is 2.37. The van der Waals surface area contributed by atoms with E-state index in [9.17, 15) is 0 Å². The second-order valence-corrected chi connectivity index (χ2v) is 3.07. The van der Waals surface area contributed by atoms with Crippen LogP contribution in [0.4, 0.5) is 5.82 Å². The molecule has 5 heteroatoms. The zero-order valence-electron chi connectivity index (χ0n) is 6.30. The van der Waals surface area contributed by atoms with E-state index in [4.69, 9.17) is 11.6 Å². The highest BCUT2D eigenvalue weighted by Gasteiger charge is 2.01. The number of unbranched alkanes of at least 4 members (excludes halogenated alkanes) is 1. The number of halogens is 1. The standard InChI is InChI=1S/C6H10ClN3S/c1-2-3-4-8-6-5(7)9-11-10-6/h2-4H2,1H3,(H,8,10). The Morgan fingerprint density at radius 2 is 2.36 bits per heavy atom. The average molecular weight is 192 g/mol. The van der Waals surface area contributed by atoms with Gasteiger partial charge in [0.2, 0.25) is 0 Å². The lowest BCUT2D eigenvalue weighted by Gasteiger charge is -1.99. The topological polar surface area (TPSA) is 37.8 Å². The molecule has 62 valence electrons. The first-order valence-corrected chi connectivity index (χ1v) is 4.67. The maximum Gasteiger partial charge on any atom is 0.186 e. The van der Waals surface area contributed by atoms with Gasteiger partial charge in [-0.1, -0.05) is 24.9 Å². The van der Waals surface area contributed by atoms with Crippen LogP contribution >= 0.6 is 23.3 Å². The normalized spacial score (nSPS) is 10.0. The molecule has 0 fully saturated rings. The maximum atomic E-state index is 5.69. The minimum Gasteiger partial charge on any atom is -0.367 e. The van der Waals surface area contributed by atoms with E-state index < -0.39 is 0 Å². The van der Waals surface area contributed by atoms with E-state index in [1.54, 1.807) is 0 Å². The first-order valence-electron chi connectivity index (χ1n) is 3.56. The van der Waals surface area contributed by atoms with E-state index in [1.165, 1.54) is 6.42 Å². The van der Waals surface area contributed by atoms with Gasteiger partial charge >= 0.3 is 0 Å². The molecule has 1 aromatic rings. The maximum absolute atomic E-state index is 5.69. The van der Waals surface area contributed by atoms with Crippen LogP contribution in [0.3, 0.4) is 0 Å². The van der Waals surface area contributed by atoms with Crippen molar-refractivity contribution in [1.82, 2.24) is 8.75 Å². The Morgan fingerprint density at radius 3 is 2.91 bits per heavy atom. The van der Waals surface area contributed by atoms with Gasteiger partial charge in [-0.05, 0) is 6.42 Å². The number of hydrogen-bond acceptors (Lipinski definition) is 4. The number of aromatic nitrogens is 2. The van der Waals surface area contributed by atoms with E-state index in [0.29, 0.717) is 11.0 Å². The van der Waals surface area contributed by atoms with Gasteiger partial charge in [0, 0.05) is 6.54 Å². The smallest absolute Gasteiger partial charge is 0.186 e. The number of hydrogen-bond donors (Lipinski definition) is 1. The zero-order valence-corrected chi connectivity index (χ0v) is 7.87. The van der Waals surface area contributed by atoms with Crippen LogP contribution in [0.2, 0.25) is 5.15 Å². The van der Waals surface area contributed by atoms with E-state index in [2.05, 4.69) is 21.0 Å². The molecule has 0 amide bonds. The van der Waals surface area contributed by atoms with Crippen LogP contribution in [-0.4, -0.2) is 15.3 Å². The van der Waals surface area contributed by atoms with Gasteiger partial charge in [-0.3, -0.25) is 0 Å². The van der Waals surface area contributed by atoms with Gasteiger partial charge in [-0.25, -0.2) is 0 Å². The molecule has 1 N–H and O–H groups in total. The van der Waals surface area contributed by atoms with Gasteiger partial charge in [0.15, 0.2) is 11.0 Å². The molecule has 0 aliphatic carbocycles. The number of nitrogens with one attached hydrogen (secondary N) is 1. The molecule has 11 heavy (non-hydrogen) atoms. The molecular formula is C6H10ClN3S. The highest BCUT2D eigenvalue weighted by molar-refractivity contribution is 6.99. The second-order valence-electron chi connectivity index (χ2n) is 2.18. The minimum absolute atomic E-state index is 0.478. The van der Waals surface area contributed by atoms with Crippen LogP contribution in [0.25, 0.3) is 0 Å². The van der Waals surface area contributed by atoms with E-state index in [1.807, 2.05) is 0 Å². The van der Waals surface area contributed by atoms with Crippen molar-refractivity contribution < 1.29 is 0 Å². The Morgan fingerprint density at radius 1 is 1.55 bits per heavy atom. The summed E-state index contributed by atoms with van der Waals surface area (Å²) in [6.45, 7) is 3.06. The van der Waals surface area contributed by atoms with Crippen molar-refractivity contribution in [3.05, 3.63) is 5.15 Å². The minimum atomic E-state index is 0.478. The quantitative estimate of drug-likeness (QED) is 0.743. The van der Waals surface area contributed by atoms with E-state index in [0.717, 1.165) is 24.7 Å². The van der Waals surface area contributed by atoms with Gasteiger partial charge in [-0.2, -0.15) is 8.75 Å². The predicted octanol–water partition coefficient (Wildman–Crippen LogP) is 2.40. The highest BCUT2D eigenvalue weighted by Crippen LogP contribution is 2.17. The molecule has 0 spiro atoms. The summed E-state index contributed by atoms with van der Waals surface area (Å²) in [5, 5.41) is 3.58. The Kier molecular flexibility index (Phi) is 3.59. The number of anilines is 1. The molecule has 0 aliphatic heterocycles. The van der Waals surface area contributed by atoms with Crippen molar-refractivity contribution >= 4 is 29.1 Å². The molecule has 1 heterocycles. The van der Waals surface area contributed by atoms with Crippen molar-refractivity contribution in [3.63, 3.8) is 0 Å². The molecule has 3 nitrogen and oxygen atoms in total. The largest absolute Gasteiger partial charge is 0.367 e. The molecule has 1 rings (SSSR count). The monoisotopic (exact) mass is 191 g/mol. The molecule has 0 saturated heterocycles. The van der Waals surface area contributed by atoms with E-state index >= 15 is 0 Å². The fourth-order valence-electron chi connectivity index (χ4n) is 0.667. The van der Waals surface area contributed by atoms with Crippen LogP contribution < -0.4 is 5.32 Å². The molecule has 0 saturated carbocycles. The Labute approximate surface area is 75.1 Å². The van der Waals surface area contributed by atoms with Crippen molar-refractivity contribution in [2.75, 3.05) is 11.9 Å². The lowest BCUT2D eigenvalue weighted by atomic mass is 10.3. The summed E-state index contributed by atoms with van der Waals surface area (Å²) in [5.74, 6) is 0.713. The van der Waals surface area contributed by atoms with Gasteiger partial charge in [0.25, 0.3) is 0 Å². The summed E-state index contributed by atoms with van der Waals surface area (Å²) >= 11 is 6.82. The first-order chi connectivity index (χ1) is 5.34. The van der Waals surface area contributed by atoms with Gasteiger partial charge in [0.05, 0.1) is 11.7 Å². The first kappa shape index (κ1) is 8.74. The van der Waals surface area contributed by atoms with E-state index in [-0.39, 0.29) is 0 Å². The molecule has 0 aromatic carbocycles. The molecular weight excluding hydrogens is 182 g/mol. The van der Waals surface area contributed by atoms with Crippen LogP contribution in [0, 0.1) is 0 Å². The van der Waals surface area contributed by atoms with Gasteiger partial charge in [0.1, 0.15) is 0 Å². The third kappa shape index (κ3) is 2.63. The highest BCUT2D eigenvalue weighted by atomic mass is 35.5. The van der Waals surface area contributed by atoms with Crippen molar-refractivity contribution in [2.24, 2.45) is 0 Å². The van der Waals surface area contributed by atoms with Crippen LogP contribution in [0.15, 0.2) is 0 Å². The summed E-state index contributed by atoms with van der Waals surface area (Å²) in [5.41, 5.74) is 0. The summed E-state index contributed by atoms with van der Waals surface area (Å²) in [6.07, 6.45) is 2.30. The zero-order chi connectivity index (χ0) is 8.10. The van der Waals surface area contributed by atoms with Crippen LogP contribution in [0.5, 0.6) is 0 Å². The van der Waals surface area contributed by atoms with Crippen molar-refractivity contribution in [2.45, 2.75) is 19.8 Å². The summed E-state index contributed by atoms with van der Waals surface area (Å²) < 4.78 is 7.80. The molecule has 0 unspecified atom stereocenters. The SMILES string of the molecule is CCCCNc1nsnc1Cl. The summed E-state index contributed by atoms with van der Waals surface area (Å²) in [4.78, 5) is 0. The van der Waals surface area contributed by atoms with Crippen molar-refractivity contribution in [1.29, 1.82) is 0 Å². The molecule has 1 aromatic heterocycles. The second kappa shape index (κ2) is 4.51.